The zero-order valence-electron chi connectivity index (χ0n) is 10.7. The van der Waals surface area contributed by atoms with Crippen molar-refractivity contribution in [3.63, 3.8) is 0 Å². The lowest BCUT2D eigenvalue weighted by Gasteiger charge is -2.13. The highest BCUT2D eigenvalue weighted by atomic mass is 79.9. The van der Waals surface area contributed by atoms with Crippen molar-refractivity contribution in [2.75, 3.05) is 0 Å². The van der Waals surface area contributed by atoms with Gasteiger partial charge in [0, 0.05) is 9.50 Å². The Kier molecular flexibility index (Phi) is 4.68. The van der Waals surface area contributed by atoms with E-state index in [0.717, 1.165) is 11.1 Å². The van der Waals surface area contributed by atoms with Crippen LogP contribution in [-0.2, 0) is 6.61 Å². The molecule has 2 rings (SSSR count). The fourth-order valence-electron chi connectivity index (χ4n) is 1.82. The van der Waals surface area contributed by atoms with Crippen LogP contribution in [0.5, 0.6) is 5.75 Å². The Balaban J connectivity index is 2.24. The summed E-state index contributed by atoms with van der Waals surface area (Å²) >= 11 is 9.10. The molecule has 0 aliphatic heterocycles. The summed E-state index contributed by atoms with van der Waals surface area (Å²) in [6.07, 6.45) is 0. The van der Waals surface area contributed by atoms with Crippen molar-refractivity contribution < 1.29 is 14.6 Å². The minimum Gasteiger partial charge on any atom is -0.488 e. The average Bonchev–Trinajstić information content (AvgIpc) is 2.38. The van der Waals surface area contributed by atoms with Gasteiger partial charge in [-0.05, 0) is 42.3 Å². The quantitative estimate of drug-likeness (QED) is 0.865. The van der Waals surface area contributed by atoms with Crippen molar-refractivity contribution in [3.8, 4) is 5.75 Å². The van der Waals surface area contributed by atoms with Crippen LogP contribution in [0.1, 0.15) is 21.5 Å². The van der Waals surface area contributed by atoms with E-state index in [-0.39, 0.29) is 5.56 Å². The number of aryl methyl sites for hydroxylation is 1. The molecule has 2 aromatic rings. The standard InChI is InChI=1S/C15H12BrClO3/c1-9-6-11(16)7-13(15(18)19)14(9)20-8-10-2-4-12(17)5-3-10/h2-7H,8H2,1H3,(H,18,19). The molecule has 0 bridgehead atoms. The molecule has 3 nitrogen and oxygen atoms in total. The van der Waals surface area contributed by atoms with Gasteiger partial charge in [-0.15, -0.1) is 0 Å². The Morgan fingerprint density at radius 3 is 2.55 bits per heavy atom. The Morgan fingerprint density at radius 2 is 1.95 bits per heavy atom. The Labute approximate surface area is 130 Å². The molecule has 2 aromatic carbocycles. The van der Waals surface area contributed by atoms with Crippen LogP contribution in [0.3, 0.4) is 0 Å². The van der Waals surface area contributed by atoms with Crippen LogP contribution in [0, 0.1) is 6.92 Å². The van der Waals surface area contributed by atoms with E-state index in [2.05, 4.69) is 15.9 Å². The van der Waals surface area contributed by atoms with Gasteiger partial charge in [0.1, 0.15) is 17.9 Å². The SMILES string of the molecule is Cc1cc(Br)cc(C(=O)O)c1OCc1ccc(Cl)cc1. The van der Waals surface area contributed by atoms with Crippen LogP contribution < -0.4 is 4.74 Å². The predicted molar refractivity (Wildman–Crippen MR) is 81.6 cm³/mol. The molecule has 0 aromatic heterocycles. The molecule has 0 radical (unpaired) electrons. The lowest BCUT2D eigenvalue weighted by molar-refractivity contribution is 0.0691. The van der Waals surface area contributed by atoms with Crippen molar-refractivity contribution in [2.24, 2.45) is 0 Å². The van der Waals surface area contributed by atoms with Gasteiger partial charge in [-0.2, -0.15) is 0 Å². The number of halogens is 2. The number of carbonyl (C=O) groups is 1. The van der Waals surface area contributed by atoms with Crippen LogP contribution in [0.15, 0.2) is 40.9 Å². The molecule has 1 N–H and O–H groups in total. The van der Waals surface area contributed by atoms with E-state index in [9.17, 15) is 9.90 Å². The second-order valence-corrected chi connectivity index (χ2v) is 5.67. The van der Waals surface area contributed by atoms with Crippen LogP contribution in [0.2, 0.25) is 5.02 Å². The van der Waals surface area contributed by atoms with Gasteiger partial charge in [-0.3, -0.25) is 0 Å². The zero-order chi connectivity index (χ0) is 14.7. The minimum absolute atomic E-state index is 0.144. The van der Waals surface area contributed by atoms with E-state index in [1.807, 2.05) is 25.1 Å². The van der Waals surface area contributed by atoms with E-state index in [1.54, 1.807) is 12.1 Å². The predicted octanol–water partition coefficient (Wildman–Crippen LogP) is 4.69. The Hall–Kier alpha value is -1.52. The maximum atomic E-state index is 11.3. The summed E-state index contributed by atoms with van der Waals surface area (Å²) in [5.74, 6) is -0.629. The van der Waals surface area contributed by atoms with Gasteiger partial charge in [-0.1, -0.05) is 39.7 Å². The van der Waals surface area contributed by atoms with Crippen LogP contribution in [0.25, 0.3) is 0 Å². The number of aromatic carboxylic acids is 1. The highest BCUT2D eigenvalue weighted by molar-refractivity contribution is 9.10. The number of rotatable bonds is 4. The second kappa shape index (κ2) is 6.29. The van der Waals surface area contributed by atoms with Gasteiger partial charge < -0.3 is 9.84 Å². The van der Waals surface area contributed by atoms with Crippen molar-refractivity contribution >= 4 is 33.5 Å². The van der Waals surface area contributed by atoms with Gasteiger partial charge in [-0.25, -0.2) is 4.79 Å². The van der Waals surface area contributed by atoms with Crippen molar-refractivity contribution in [1.82, 2.24) is 0 Å². The van der Waals surface area contributed by atoms with Crippen LogP contribution in [-0.4, -0.2) is 11.1 Å². The normalized spacial score (nSPS) is 10.3. The zero-order valence-corrected chi connectivity index (χ0v) is 13.0. The van der Waals surface area contributed by atoms with Gasteiger partial charge in [0.2, 0.25) is 0 Å². The maximum Gasteiger partial charge on any atom is 0.339 e. The van der Waals surface area contributed by atoms with Gasteiger partial charge in [0.25, 0.3) is 0 Å². The number of hydrogen-bond acceptors (Lipinski definition) is 2. The lowest BCUT2D eigenvalue weighted by Crippen LogP contribution is -2.05. The largest absolute Gasteiger partial charge is 0.488 e. The third-order valence-electron chi connectivity index (χ3n) is 2.77. The highest BCUT2D eigenvalue weighted by Crippen LogP contribution is 2.29. The fourth-order valence-corrected chi connectivity index (χ4v) is 2.51. The number of benzene rings is 2. The van der Waals surface area contributed by atoms with Crippen LogP contribution in [0.4, 0.5) is 0 Å². The van der Waals surface area contributed by atoms with E-state index >= 15 is 0 Å². The average molecular weight is 356 g/mol. The van der Waals surface area contributed by atoms with Gasteiger partial charge >= 0.3 is 5.97 Å². The number of carboxylic acid groups (broad SMARTS) is 1. The molecule has 0 aliphatic carbocycles. The number of hydrogen-bond donors (Lipinski definition) is 1. The summed E-state index contributed by atoms with van der Waals surface area (Å²) < 4.78 is 6.38. The molecule has 104 valence electrons. The Morgan fingerprint density at radius 1 is 1.30 bits per heavy atom. The summed E-state index contributed by atoms with van der Waals surface area (Å²) in [7, 11) is 0. The number of carboxylic acids is 1. The Bertz CT molecular complexity index is 638. The third-order valence-corrected chi connectivity index (χ3v) is 3.48. The van der Waals surface area contributed by atoms with E-state index in [4.69, 9.17) is 16.3 Å². The first-order valence-corrected chi connectivity index (χ1v) is 7.05. The molecule has 5 heteroatoms. The second-order valence-electron chi connectivity index (χ2n) is 4.32. The summed E-state index contributed by atoms with van der Waals surface area (Å²) in [4.78, 5) is 11.3. The lowest BCUT2D eigenvalue weighted by atomic mass is 10.1. The molecular weight excluding hydrogens is 344 g/mol. The molecule has 0 spiro atoms. The summed E-state index contributed by atoms with van der Waals surface area (Å²) in [6, 6.07) is 10.6. The van der Waals surface area contributed by atoms with Crippen LogP contribution >= 0.6 is 27.5 Å². The summed E-state index contributed by atoms with van der Waals surface area (Å²) in [5, 5.41) is 9.88. The molecule has 0 amide bonds. The monoisotopic (exact) mass is 354 g/mol. The topological polar surface area (TPSA) is 46.5 Å². The van der Waals surface area contributed by atoms with Crippen molar-refractivity contribution in [1.29, 1.82) is 0 Å². The smallest absolute Gasteiger partial charge is 0.339 e. The highest BCUT2D eigenvalue weighted by Gasteiger charge is 2.15. The van der Waals surface area contributed by atoms with Gasteiger partial charge in [0.05, 0.1) is 0 Å². The summed E-state index contributed by atoms with van der Waals surface area (Å²) in [6.45, 7) is 2.11. The van der Waals surface area contributed by atoms with E-state index in [1.165, 1.54) is 6.07 Å². The van der Waals surface area contributed by atoms with Gasteiger partial charge in [0.15, 0.2) is 0 Å². The molecule has 20 heavy (non-hydrogen) atoms. The first-order chi connectivity index (χ1) is 9.47. The van der Waals surface area contributed by atoms with Crippen molar-refractivity contribution in [3.05, 3.63) is 62.6 Å². The minimum atomic E-state index is -1.01. The van der Waals surface area contributed by atoms with E-state index < -0.39 is 5.97 Å². The first-order valence-electron chi connectivity index (χ1n) is 5.88. The molecule has 0 atom stereocenters. The molecule has 0 saturated carbocycles. The molecular formula is C15H12BrClO3. The molecule has 0 aliphatic rings. The first kappa shape index (κ1) is 14.9. The molecule has 0 unspecified atom stereocenters. The fraction of sp³-hybridized carbons (Fsp3) is 0.133. The number of ether oxygens (including phenoxy) is 1. The third kappa shape index (κ3) is 3.52. The summed E-state index contributed by atoms with van der Waals surface area (Å²) in [5.41, 5.74) is 1.84. The molecule has 0 heterocycles. The molecule has 0 saturated heterocycles. The van der Waals surface area contributed by atoms with Crippen molar-refractivity contribution in [2.45, 2.75) is 13.5 Å². The van der Waals surface area contributed by atoms with E-state index in [0.29, 0.717) is 21.9 Å². The maximum absolute atomic E-state index is 11.3. The molecule has 0 fully saturated rings.